The lowest BCUT2D eigenvalue weighted by molar-refractivity contribution is 0.521. The van der Waals surface area contributed by atoms with Crippen LogP contribution in [-0.4, -0.2) is 46.6 Å². The summed E-state index contributed by atoms with van der Waals surface area (Å²) in [6, 6.07) is 8.33. The molecule has 2 heterocycles. The highest BCUT2D eigenvalue weighted by atomic mass is 32.2. The molecule has 0 aliphatic carbocycles. The minimum Gasteiger partial charge on any atom is -0.325 e. The van der Waals surface area contributed by atoms with E-state index in [1.165, 1.54) is 18.4 Å². The third-order valence-electron chi connectivity index (χ3n) is 4.63. The fourth-order valence-electron chi connectivity index (χ4n) is 2.89. The molecule has 0 saturated heterocycles. The Morgan fingerprint density at radius 3 is 2.60 bits per heavy atom. The number of anilines is 4. The Balaban J connectivity index is 1.84. The van der Waals surface area contributed by atoms with Crippen molar-refractivity contribution in [3.05, 3.63) is 47.8 Å². The first-order chi connectivity index (χ1) is 14.2. The molecule has 0 amide bonds. The van der Waals surface area contributed by atoms with E-state index in [4.69, 9.17) is 0 Å². The van der Waals surface area contributed by atoms with E-state index >= 15 is 0 Å². The predicted molar refractivity (Wildman–Crippen MR) is 118 cm³/mol. The first-order valence-electron chi connectivity index (χ1n) is 9.66. The lowest BCUT2D eigenvalue weighted by Gasteiger charge is -2.13. The van der Waals surface area contributed by atoms with Gasteiger partial charge in [0.05, 0.1) is 10.6 Å². The maximum atomic E-state index is 12.4. The van der Waals surface area contributed by atoms with Gasteiger partial charge in [-0.25, -0.2) is 22.4 Å². The highest BCUT2D eigenvalue weighted by Crippen LogP contribution is 2.24. The molecule has 0 atom stereocenters. The van der Waals surface area contributed by atoms with Crippen LogP contribution in [0.25, 0.3) is 0 Å². The predicted octanol–water partition coefficient (Wildman–Crippen LogP) is 3.44. The van der Waals surface area contributed by atoms with E-state index in [0.29, 0.717) is 17.5 Å². The second-order valence-corrected chi connectivity index (χ2v) is 9.26. The minimum absolute atomic E-state index is 0.196. The van der Waals surface area contributed by atoms with Crippen LogP contribution in [0.4, 0.5) is 23.3 Å². The largest absolute Gasteiger partial charge is 0.325 e. The molecule has 2 N–H and O–H groups in total. The van der Waals surface area contributed by atoms with Crippen molar-refractivity contribution >= 4 is 33.3 Å². The Hall–Kier alpha value is -2.98. The van der Waals surface area contributed by atoms with Crippen molar-refractivity contribution in [3.8, 4) is 0 Å². The summed E-state index contributed by atoms with van der Waals surface area (Å²) in [5, 5.41) is 11.0. The quantitative estimate of drug-likeness (QED) is 0.565. The van der Waals surface area contributed by atoms with Gasteiger partial charge in [0.1, 0.15) is 11.6 Å². The van der Waals surface area contributed by atoms with Gasteiger partial charge in [-0.1, -0.05) is 13.0 Å². The molecule has 2 aromatic heterocycles. The topological polar surface area (TPSA) is 105 Å². The van der Waals surface area contributed by atoms with E-state index in [2.05, 4.69) is 32.6 Å². The summed E-state index contributed by atoms with van der Waals surface area (Å²) in [6.07, 6.45) is 2.61. The van der Waals surface area contributed by atoms with Crippen LogP contribution in [0.5, 0.6) is 0 Å². The van der Waals surface area contributed by atoms with Crippen LogP contribution in [0.15, 0.2) is 41.4 Å². The van der Waals surface area contributed by atoms with Gasteiger partial charge in [-0.3, -0.25) is 0 Å². The molecule has 0 aliphatic heterocycles. The maximum absolute atomic E-state index is 12.4. The fourth-order valence-corrected chi connectivity index (χ4v) is 3.84. The van der Waals surface area contributed by atoms with Gasteiger partial charge in [-0.05, 0) is 44.5 Å². The van der Waals surface area contributed by atoms with Crippen LogP contribution in [0, 0.1) is 13.8 Å². The van der Waals surface area contributed by atoms with E-state index in [1.807, 2.05) is 18.5 Å². The van der Waals surface area contributed by atoms with E-state index in [1.54, 1.807) is 36.5 Å². The first kappa shape index (κ1) is 21.7. The second kappa shape index (κ2) is 8.80. The lowest BCUT2D eigenvalue weighted by Crippen LogP contribution is -2.22. The number of rotatable bonds is 8. The Morgan fingerprint density at radius 2 is 1.90 bits per heavy atom. The molecule has 0 spiro atoms. The van der Waals surface area contributed by atoms with Crippen LogP contribution in [0.1, 0.15) is 24.6 Å². The van der Waals surface area contributed by atoms with Gasteiger partial charge in [0.15, 0.2) is 0 Å². The number of hydrogen-bond donors (Lipinski definition) is 2. The molecule has 10 heteroatoms. The number of aryl methyl sites for hydroxylation is 2. The van der Waals surface area contributed by atoms with Crippen LogP contribution in [0.3, 0.4) is 0 Å². The van der Waals surface area contributed by atoms with Crippen molar-refractivity contribution in [3.63, 3.8) is 0 Å². The second-order valence-electron chi connectivity index (χ2n) is 7.11. The molecular formula is C20H27N7O2S. The summed E-state index contributed by atoms with van der Waals surface area (Å²) in [5.41, 5.74) is 2.62. The average Bonchev–Trinajstić information content (AvgIpc) is 2.96. The standard InChI is InChI=1S/C20H27N7O2S/c1-6-12-27-19(14(2)15(3)25-27)23-18-10-11-21-20(24-18)22-16-8-7-9-17(13-16)30(28,29)26(4)5/h7-11,13H,6,12H2,1-5H3,(H2,21,22,23,24). The van der Waals surface area contributed by atoms with Crippen molar-refractivity contribution in [2.24, 2.45) is 0 Å². The van der Waals surface area contributed by atoms with Crippen molar-refractivity contribution in [2.45, 2.75) is 38.6 Å². The Kier molecular flexibility index (Phi) is 6.37. The van der Waals surface area contributed by atoms with E-state index in [9.17, 15) is 8.42 Å². The smallest absolute Gasteiger partial charge is 0.242 e. The Morgan fingerprint density at radius 1 is 1.13 bits per heavy atom. The zero-order chi connectivity index (χ0) is 21.9. The number of hydrogen-bond acceptors (Lipinski definition) is 7. The molecule has 0 saturated carbocycles. The normalized spacial score (nSPS) is 11.7. The molecule has 160 valence electrons. The van der Waals surface area contributed by atoms with Crippen molar-refractivity contribution in [1.29, 1.82) is 0 Å². The summed E-state index contributed by atoms with van der Waals surface area (Å²) in [7, 11) is -0.522. The number of nitrogens with one attached hydrogen (secondary N) is 2. The molecule has 0 fully saturated rings. The van der Waals surface area contributed by atoms with Gasteiger partial charge in [-0.15, -0.1) is 0 Å². The van der Waals surface area contributed by atoms with Gasteiger partial charge < -0.3 is 10.6 Å². The third kappa shape index (κ3) is 4.60. The Labute approximate surface area is 177 Å². The number of aromatic nitrogens is 4. The Bertz CT molecular complexity index is 1140. The van der Waals surface area contributed by atoms with E-state index in [0.717, 1.165) is 30.0 Å². The number of benzene rings is 1. The molecule has 3 aromatic rings. The molecule has 9 nitrogen and oxygen atoms in total. The minimum atomic E-state index is -3.52. The molecule has 1 aromatic carbocycles. The summed E-state index contributed by atoms with van der Waals surface area (Å²) < 4.78 is 27.8. The highest BCUT2D eigenvalue weighted by Gasteiger charge is 2.17. The highest BCUT2D eigenvalue weighted by molar-refractivity contribution is 7.89. The summed E-state index contributed by atoms with van der Waals surface area (Å²) in [4.78, 5) is 8.95. The van der Waals surface area contributed by atoms with Crippen molar-refractivity contribution in [2.75, 3.05) is 24.7 Å². The van der Waals surface area contributed by atoms with Crippen molar-refractivity contribution < 1.29 is 8.42 Å². The van der Waals surface area contributed by atoms with Crippen LogP contribution >= 0.6 is 0 Å². The van der Waals surface area contributed by atoms with Gasteiger partial charge in [0.25, 0.3) is 0 Å². The molecule has 0 aliphatic rings. The summed E-state index contributed by atoms with van der Waals surface area (Å²) in [5.74, 6) is 1.87. The zero-order valence-electron chi connectivity index (χ0n) is 17.8. The monoisotopic (exact) mass is 429 g/mol. The maximum Gasteiger partial charge on any atom is 0.242 e. The zero-order valence-corrected chi connectivity index (χ0v) is 18.7. The van der Waals surface area contributed by atoms with Crippen LogP contribution in [0.2, 0.25) is 0 Å². The molecule has 0 unspecified atom stereocenters. The van der Waals surface area contributed by atoms with Crippen LogP contribution < -0.4 is 10.6 Å². The average molecular weight is 430 g/mol. The molecule has 30 heavy (non-hydrogen) atoms. The molecule has 0 radical (unpaired) electrons. The molecular weight excluding hydrogens is 402 g/mol. The first-order valence-corrected chi connectivity index (χ1v) is 11.1. The summed E-state index contributed by atoms with van der Waals surface area (Å²) >= 11 is 0. The third-order valence-corrected chi connectivity index (χ3v) is 6.44. The van der Waals surface area contributed by atoms with Gasteiger partial charge in [-0.2, -0.15) is 10.1 Å². The van der Waals surface area contributed by atoms with Crippen LogP contribution in [-0.2, 0) is 16.6 Å². The SMILES string of the molecule is CCCn1nc(C)c(C)c1Nc1ccnc(Nc2cccc(S(=O)(=O)N(C)C)c2)n1. The number of nitrogens with zero attached hydrogens (tertiary/aromatic N) is 5. The number of sulfonamides is 1. The molecule has 3 rings (SSSR count). The molecule has 0 bridgehead atoms. The van der Waals surface area contributed by atoms with Gasteiger partial charge in [0, 0.05) is 38.1 Å². The lowest BCUT2D eigenvalue weighted by atomic mass is 10.3. The fraction of sp³-hybridized carbons (Fsp3) is 0.350. The van der Waals surface area contributed by atoms with Gasteiger partial charge in [0.2, 0.25) is 16.0 Å². The summed E-state index contributed by atoms with van der Waals surface area (Å²) in [6.45, 7) is 6.91. The van der Waals surface area contributed by atoms with E-state index < -0.39 is 10.0 Å². The van der Waals surface area contributed by atoms with Gasteiger partial charge >= 0.3 is 0 Å². The van der Waals surface area contributed by atoms with E-state index in [-0.39, 0.29) is 4.90 Å². The van der Waals surface area contributed by atoms with Crippen molar-refractivity contribution in [1.82, 2.24) is 24.1 Å².